The van der Waals surface area contributed by atoms with Crippen LogP contribution >= 0.6 is 15.9 Å². The Hall–Kier alpha value is -1.75. The summed E-state index contributed by atoms with van der Waals surface area (Å²) in [5.41, 5.74) is 2.12. The third-order valence-electron chi connectivity index (χ3n) is 3.20. The van der Waals surface area contributed by atoms with E-state index in [-0.39, 0.29) is 0 Å². The van der Waals surface area contributed by atoms with Crippen LogP contribution < -0.4 is 0 Å². The van der Waals surface area contributed by atoms with Gasteiger partial charge in [-0.3, -0.25) is 14.0 Å². The number of nitrogens with zero attached hydrogens (tertiary/aromatic N) is 2. The number of carbonyl (C=O) groups excluding carboxylic acids is 2. The lowest BCUT2D eigenvalue weighted by Crippen LogP contribution is -2.24. The lowest BCUT2D eigenvalue weighted by atomic mass is 9.94. The number of pyridine rings is 1. The molecule has 96 valence electrons. The highest BCUT2D eigenvalue weighted by molar-refractivity contribution is 9.15. The van der Waals surface area contributed by atoms with Crippen LogP contribution in [0.2, 0.25) is 0 Å². The van der Waals surface area contributed by atoms with Crippen molar-refractivity contribution >= 4 is 37.6 Å². The number of carbonyl (C=O) groups is 2. The van der Waals surface area contributed by atoms with Gasteiger partial charge in [-0.05, 0) is 34.5 Å². The van der Waals surface area contributed by atoms with Crippen LogP contribution in [0.4, 0.5) is 0 Å². The van der Waals surface area contributed by atoms with E-state index in [4.69, 9.17) is 0 Å². The van der Waals surface area contributed by atoms with Crippen LogP contribution in [-0.4, -0.2) is 21.0 Å². The normalized spacial score (nSPS) is 15.3. The fraction of sp³-hybridized carbons (Fsp3) is 0.214. The van der Waals surface area contributed by atoms with Crippen molar-refractivity contribution in [2.45, 2.75) is 19.8 Å². The first-order valence-electron chi connectivity index (χ1n) is 6.10. The molecule has 0 N–H and O–H groups in total. The van der Waals surface area contributed by atoms with Crippen LogP contribution in [0.3, 0.4) is 0 Å². The van der Waals surface area contributed by atoms with Crippen molar-refractivity contribution in [3.05, 3.63) is 41.4 Å². The Balaban J connectivity index is 2.35. The first-order chi connectivity index (χ1) is 9.15. The summed E-state index contributed by atoms with van der Waals surface area (Å²) in [6.07, 6.45) is 3.14. The molecule has 0 fully saturated rings. The molecule has 0 saturated heterocycles. The van der Waals surface area contributed by atoms with E-state index >= 15 is 0 Å². The number of Topliss-reactive ketones (excluding diaryl/α,β-unsaturated/α-hetero) is 2. The zero-order chi connectivity index (χ0) is 13.6. The Morgan fingerprint density at radius 1 is 1.26 bits per heavy atom. The Kier molecular flexibility index (Phi) is 2.86. The predicted molar refractivity (Wildman–Crippen MR) is 75.3 cm³/mol. The number of allylic oxidation sites excluding steroid dienone is 1. The summed E-state index contributed by atoms with van der Waals surface area (Å²) >= 11 is 3.43. The quantitative estimate of drug-likeness (QED) is 0.800. The number of fused-ring (bicyclic) bond motifs is 3. The molecule has 0 unspecified atom stereocenters. The van der Waals surface area contributed by atoms with Crippen molar-refractivity contribution in [2.75, 3.05) is 0 Å². The van der Waals surface area contributed by atoms with Gasteiger partial charge in [-0.15, -0.1) is 0 Å². The maximum absolute atomic E-state index is 12.3. The zero-order valence-electron chi connectivity index (χ0n) is 10.3. The molecule has 2 aromatic rings. The maximum Gasteiger partial charge on any atom is 0.252 e. The topological polar surface area (TPSA) is 51.4 Å². The highest BCUT2D eigenvalue weighted by atomic mass is 79.9. The molecular weight excluding hydrogens is 308 g/mol. The third-order valence-corrected chi connectivity index (χ3v) is 4.05. The number of rotatable bonds is 2. The largest absolute Gasteiger partial charge is 0.296 e. The third kappa shape index (κ3) is 1.69. The molecule has 0 aliphatic heterocycles. The summed E-state index contributed by atoms with van der Waals surface area (Å²) in [4.78, 5) is 28.8. The van der Waals surface area contributed by atoms with E-state index in [2.05, 4.69) is 20.9 Å². The number of hydrogen-bond donors (Lipinski definition) is 0. The Morgan fingerprint density at radius 3 is 2.79 bits per heavy atom. The van der Waals surface area contributed by atoms with Crippen molar-refractivity contribution < 1.29 is 9.59 Å². The van der Waals surface area contributed by atoms with Gasteiger partial charge >= 0.3 is 0 Å². The Labute approximate surface area is 118 Å². The van der Waals surface area contributed by atoms with E-state index in [1.54, 1.807) is 10.6 Å². The number of aromatic nitrogens is 2. The van der Waals surface area contributed by atoms with E-state index in [0.29, 0.717) is 33.5 Å². The fourth-order valence-electron chi connectivity index (χ4n) is 2.33. The van der Waals surface area contributed by atoms with Gasteiger partial charge in [-0.25, -0.2) is 4.98 Å². The fourth-order valence-corrected chi connectivity index (χ4v) is 2.98. The molecule has 0 amide bonds. The van der Waals surface area contributed by atoms with Crippen LogP contribution in [0, 0.1) is 0 Å². The Bertz CT molecular complexity index is 743. The SMILES string of the molecule is CCCC1=C(Br)c2nc3ccccn3c2C(=O)C1=O. The second kappa shape index (κ2) is 4.42. The maximum atomic E-state index is 12.3. The van der Waals surface area contributed by atoms with E-state index < -0.39 is 11.6 Å². The molecule has 2 heterocycles. The molecule has 5 heteroatoms. The van der Waals surface area contributed by atoms with Crippen LogP contribution in [0.25, 0.3) is 10.1 Å². The molecule has 0 atom stereocenters. The molecular formula is C14H11BrN2O2. The highest BCUT2D eigenvalue weighted by Gasteiger charge is 2.35. The van der Waals surface area contributed by atoms with Crippen LogP contribution in [0.15, 0.2) is 30.0 Å². The average Bonchev–Trinajstić information content (AvgIpc) is 2.81. The van der Waals surface area contributed by atoms with Gasteiger partial charge < -0.3 is 0 Å². The van der Waals surface area contributed by atoms with E-state index in [1.807, 2.05) is 25.1 Å². The number of hydrogen-bond acceptors (Lipinski definition) is 3. The number of ketones is 2. The molecule has 0 spiro atoms. The first-order valence-corrected chi connectivity index (χ1v) is 6.89. The van der Waals surface area contributed by atoms with Gasteiger partial charge in [0, 0.05) is 11.8 Å². The minimum atomic E-state index is -0.472. The van der Waals surface area contributed by atoms with Crippen molar-refractivity contribution in [3.8, 4) is 0 Å². The minimum Gasteiger partial charge on any atom is -0.296 e. The molecule has 3 rings (SSSR count). The smallest absolute Gasteiger partial charge is 0.252 e. The van der Waals surface area contributed by atoms with E-state index in [0.717, 1.165) is 6.42 Å². The summed E-state index contributed by atoms with van der Waals surface area (Å²) in [5.74, 6) is -0.896. The first kappa shape index (κ1) is 12.3. The van der Waals surface area contributed by atoms with Gasteiger partial charge in [-0.2, -0.15) is 0 Å². The second-order valence-corrected chi connectivity index (χ2v) is 5.23. The summed E-state index contributed by atoms with van der Waals surface area (Å²) in [6, 6.07) is 5.48. The van der Waals surface area contributed by atoms with Gasteiger partial charge in [0.25, 0.3) is 5.78 Å². The summed E-state index contributed by atoms with van der Waals surface area (Å²) in [6.45, 7) is 1.98. The second-order valence-electron chi connectivity index (χ2n) is 4.44. The summed E-state index contributed by atoms with van der Waals surface area (Å²) in [5, 5.41) is 0. The molecule has 1 aliphatic rings. The number of imidazole rings is 1. The molecule has 0 aromatic carbocycles. The van der Waals surface area contributed by atoms with Crippen molar-refractivity contribution in [1.82, 2.24) is 9.38 Å². The van der Waals surface area contributed by atoms with Gasteiger partial charge in [0.15, 0.2) is 0 Å². The molecule has 4 nitrogen and oxygen atoms in total. The zero-order valence-corrected chi connectivity index (χ0v) is 11.9. The molecule has 1 aliphatic carbocycles. The average molecular weight is 319 g/mol. The minimum absolute atomic E-state index is 0.354. The molecule has 0 saturated carbocycles. The van der Waals surface area contributed by atoms with Crippen LogP contribution in [0.5, 0.6) is 0 Å². The number of halogens is 1. The summed E-state index contributed by atoms with van der Waals surface area (Å²) < 4.78 is 2.32. The molecule has 2 aromatic heterocycles. The molecule has 0 bridgehead atoms. The van der Waals surface area contributed by atoms with Gasteiger partial charge in [0.2, 0.25) is 5.78 Å². The molecule has 0 radical (unpaired) electrons. The van der Waals surface area contributed by atoms with Crippen molar-refractivity contribution in [2.24, 2.45) is 0 Å². The lowest BCUT2D eigenvalue weighted by Gasteiger charge is -2.13. The van der Waals surface area contributed by atoms with Gasteiger partial charge in [0.1, 0.15) is 17.0 Å². The standard InChI is InChI=1S/C14H11BrN2O2/c1-2-5-8-10(15)11-12(14(19)13(8)18)17-7-4-3-6-9(17)16-11/h3-4,6-7H,2,5H2,1H3. The molecule has 19 heavy (non-hydrogen) atoms. The monoisotopic (exact) mass is 318 g/mol. The summed E-state index contributed by atoms with van der Waals surface area (Å²) in [7, 11) is 0. The van der Waals surface area contributed by atoms with Gasteiger partial charge in [-0.1, -0.05) is 19.4 Å². The van der Waals surface area contributed by atoms with Gasteiger partial charge in [0.05, 0.1) is 4.48 Å². The van der Waals surface area contributed by atoms with Crippen LogP contribution in [0.1, 0.15) is 35.9 Å². The van der Waals surface area contributed by atoms with E-state index in [1.165, 1.54) is 0 Å². The van der Waals surface area contributed by atoms with Crippen molar-refractivity contribution in [1.29, 1.82) is 0 Å². The highest BCUT2D eigenvalue weighted by Crippen LogP contribution is 2.35. The van der Waals surface area contributed by atoms with Crippen LogP contribution in [-0.2, 0) is 4.79 Å². The lowest BCUT2D eigenvalue weighted by molar-refractivity contribution is -0.112. The predicted octanol–water partition coefficient (Wildman–Crippen LogP) is 3.01. The van der Waals surface area contributed by atoms with E-state index in [9.17, 15) is 9.59 Å². The van der Waals surface area contributed by atoms with Crippen molar-refractivity contribution in [3.63, 3.8) is 0 Å². The Morgan fingerprint density at radius 2 is 2.05 bits per heavy atom.